The molecule has 4 nitrogen and oxygen atoms in total. The quantitative estimate of drug-likeness (QED) is 0.805. The highest BCUT2D eigenvalue weighted by atomic mass is 16.5. The van der Waals surface area contributed by atoms with Gasteiger partial charge in [-0.05, 0) is 44.7 Å². The Morgan fingerprint density at radius 1 is 1.12 bits per heavy atom. The summed E-state index contributed by atoms with van der Waals surface area (Å²) in [5, 5.41) is 15.4. The molecule has 0 saturated carbocycles. The van der Waals surface area contributed by atoms with Gasteiger partial charge in [-0.1, -0.05) is 24.3 Å². The van der Waals surface area contributed by atoms with Gasteiger partial charge < -0.3 is 15.0 Å². The van der Waals surface area contributed by atoms with Gasteiger partial charge in [0.05, 0.1) is 18.2 Å². The number of benzene rings is 2. The van der Waals surface area contributed by atoms with Gasteiger partial charge in [0.1, 0.15) is 0 Å². The van der Waals surface area contributed by atoms with E-state index >= 15 is 0 Å². The zero-order valence-corrected chi connectivity index (χ0v) is 15.4. The Labute approximate surface area is 155 Å². The summed E-state index contributed by atoms with van der Waals surface area (Å²) in [6.45, 7) is 4.57. The predicted molar refractivity (Wildman–Crippen MR) is 105 cm³/mol. The lowest BCUT2D eigenvalue weighted by Crippen LogP contribution is -2.49. The Kier molecular flexibility index (Phi) is 5.10. The van der Waals surface area contributed by atoms with Gasteiger partial charge in [-0.25, -0.2) is 0 Å². The summed E-state index contributed by atoms with van der Waals surface area (Å²) in [7, 11) is 0. The van der Waals surface area contributed by atoms with E-state index in [4.69, 9.17) is 4.74 Å². The predicted octanol–water partition coefficient (Wildman–Crippen LogP) is 3.84. The minimum absolute atomic E-state index is 0.592. The molecule has 0 amide bonds. The molecule has 2 saturated heterocycles. The first-order valence-corrected chi connectivity index (χ1v) is 9.83. The molecular formula is C22H27N3O. The molecule has 2 heterocycles. The number of nitrogens with zero attached hydrogens (tertiary/aromatic N) is 2. The number of rotatable bonds is 6. The van der Waals surface area contributed by atoms with E-state index in [1.165, 1.54) is 36.8 Å². The lowest BCUT2D eigenvalue weighted by Gasteiger charge is -2.41. The summed E-state index contributed by atoms with van der Waals surface area (Å²) in [4.78, 5) is 2.64. The van der Waals surface area contributed by atoms with Gasteiger partial charge in [0.25, 0.3) is 0 Å². The molecule has 2 unspecified atom stereocenters. The SMILES string of the molecule is CCOCCNC1CC2CCC(C1)N2c1ccc(C#N)c2ccccc12. The molecule has 2 atom stereocenters. The number of ether oxygens (including phenoxy) is 1. The minimum Gasteiger partial charge on any atom is -0.380 e. The van der Waals surface area contributed by atoms with Gasteiger partial charge in [-0.3, -0.25) is 0 Å². The van der Waals surface area contributed by atoms with Crippen LogP contribution in [0.15, 0.2) is 36.4 Å². The zero-order valence-electron chi connectivity index (χ0n) is 15.4. The maximum atomic E-state index is 9.43. The fraction of sp³-hybridized carbons (Fsp3) is 0.500. The summed E-state index contributed by atoms with van der Waals surface area (Å²) >= 11 is 0. The number of nitriles is 1. The molecule has 2 aromatic carbocycles. The Morgan fingerprint density at radius 3 is 2.54 bits per heavy atom. The van der Waals surface area contributed by atoms with Crippen LogP contribution < -0.4 is 10.2 Å². The van der Waals surface area contributed by atoms with Crippen LogP contribution in [0.4, 0.5) is 5.69 Å². The number of nitrogens with one attached hydrogen (secondary N) is 1. The number of piperidine rings is 1. The Bertz CT molecular complexity index is 799. The molecule has 0 spiro atoms. The molecule has 26 heavy (non-hydrogen) atoms. The van der Waals surface area contributed by atoms with E-state index in [-0.39, 0.29) is 0 Å². The third kappa shape index (κ3) is 3.18. The molecule has 0 aliphatic carbocycles. The first-order chi connectivity index (χ1) is 12.8. The second-order valence-electron chi connectivity index (χ2n) is 7.40. The van der Waals surface area contributed by atoms with Crippen molar-refractivity contribution < 1.29 is 4.74 Å². The van der Waals surface area contributed by atoms with E-state index in [1.807, 2.05) is 19.1 Å². The van der Waals surface area contributed by atoms with Crippen LogP contribution >= 0.6 is 0 Å². The molecular weight excluding hydrogens is 322 g/mol. The fourth-order valence-electron chi connectivity index (χ4n) is 4.82. The Morgan fingerprint density at radius 2 is 1.85 bits per heavy atom. The van der Waals surface area contributed by atoms with E-state index in [0.29, 0.717) is 18.1 Å². The van der Waals surface area contributed by atoms with Crippen LogP contribution in [0.2, 0.25) is 0 Å². The Hall–Kier alpha value is -2.09. The van der Waals surface area contributed by atoms with Gasteiger partial charge in [0.2, 0.25) is 0 Å². The summed E-state index contributed by atoms with van der Waals surface area (Å²) in [6, 6.07) is 16.6. The number of fused-ring (bicyclic) bond motifs is 3. The highest BCUT2D eigenvalue weighted by Gasteiger charge is 2.41. The van der Waals surface area contributed by atoms with Crippen molar-refractivity contribution in [2.24, 2.45) is 0 Å². The fourth-order valence-corrected chi connectivity index (χ4v) is 4.82. The van der Waals surface area contributed by atoms with Crippen molar-refractivity contribution in [2.45, 2.75) is 50.7 Å². The van der Waals surface area contributed by atoms with Crippen molar-refractivity contribution in [1.29, 1.82) is 5.26 Å². The van der Waals surface area contributed by atoms with E-state index in [2.05, 4.69) is 40.6 Å². The molecule has 2 bridgehead atoms. The maximum absolute atomic E-state index is 9.43. The second kappa shape index (κ2) is 7.65. The monoisotopic (exact) mass is 349 g/mol. The normalized spacial score (nSPS) is 24.8. The van der Waals surface area contributed by atoms with Crippen molar-refractivity contribution in [3.63, 3.8) is 0 Å². The highest BCUT2D eigenvalue weighted by Crippen LogP contribution is 2.42. The summed E-state index contributed by atoms with van der Waals surface area (Å²) in [6.07, 6.45) is 4.92. The average molecular weight is 349 g/mol. The third-order valence-corrected chi connectivity index (χ3v) is 5.92. The molecule has 2 aromatic rings. The maximum Gasteiger partial charge on any atom is 0.0998 e. The van der Waals surface area contributed by atoms with Gasteiger partial charge in [0, 0.05) is 47.7 Å². The standard InChI is InChI=1S/C22H27N3O/c1-2-26-12-11-24-17-13-18-8-9-19(14-17)25(18)22-10-7-16(15-23)20-5-3-4-6-21(20)22/h3-7,10,17-19,24H,2,8-9,11-14H2,1H3. The van der Waals surface area contributed by atoms with Crippen LogP contribution in [0, 0.1) is 11.3 Å². The highest BCUT2D eigenvalue weighted by molar-refractivity contribution is 5.98. The first-order valence-electron chi connectivity index (χ1n) is 9.83. The molecule has 2 fully saturated rings. The van der Waals surface area contributed by atoms with Crippen molar-refractivity contribution in [2.75, 3.05) is 24.7 Å². The van der Waals surface area contributed by atoms with Crippen LogP contribution in [0.3, 0.4) is 0 Å². The van der Waals surface area contributed by atoms with Gasteiger partial charge in [-0.2, -0.15) is 5.26 Å². The van der Waals surface area contributed by atoms with E-state index in [0.717, 1.165) is 30.7 Å². The minimum atomic E-state index is 0.592. The number of anilines is 1. The van der Waals surface area contributed by atoms with Crippen LogP contribution in [0.25, 0.3) is 10.8 Å². The van der Waals surface area contributed by atoms with Crippen LogP contribution in [-0.4, -0.2) is 37.9 Å². The molecule has 136 valence electrons. The lowest BCUT2D eigenvalue weighted by atomic mass is 9.94. The molecule has 0 aromatic heterocycles. The number of hydrogen-bond donors (Lipinski definition) is 1. The van der Waals surface area contributed by atoms with Crippen LogP contribution in [-0.2, 0) is 4.74 Å². The van der Waals surface area contributed by atoms with E-state index in [1.54, 1.807) is 0 Å². The summed E-state index contributed by atoms with van der Waals surface area (Å²) in [5.74, 6) is 0. The van der Waals surface area contributed by atoms with Crippen molar-refractivity contribution in [3.05, 3.63) is 42.0 Å². The average Bonchev–Trinajstić information content (AvgIpc) is 2.94. The van der Waals surface area contributed by atoms with Gasteiger partial charge in [0.15, 0.2) is 0 Å². The van der Waals surface area contributed by atoms with Crippen LogP contribution in [0.1, 0.15) is 38.2 Å². The molecule has 4 heteroatoms. The lowest BCUT2D eigenvalue weighted by molar-refractivity contribution is 0.144. The largest absolute Gasteiger partial charge is 0.380 e. The zero-order chi connectivity index (χ0) is 17.9. The van der Waals surface area contributed by atoms with E-state index < -0.39 is 0 Å². The topological polar surface area (TPSA) is 48.3 Å². The summed E-state index contributed by atoms with van der Waals surface area (Å²) < 4.78 is 5.46. The van der Waals surface area contributed by atoms with Crippen molar-refractivity contribution in [3.8, 4) is 6.07 Å². The van der Waals surface area contributed by atoms with Crippen LogP contribution in [0.5, 0.6) is 0 Å². The smallest absolute Gasteiger partial charge is 0.0998 e. The Balaban J connectivity index is 1.55. The molecule has 2 aliphatic heterocycles. The van der Waals surface area contributed by atoms with E-state index in [9.17, 15) is 5.26 Å². The first kappa shape index (κ1) is 17.3. The second-order valence-corrected chi connectivity index (χ2v) is 7.40. The summed E-state index contributed by atoms with van der Waals surface area (Å²) in [5.41, 5.74) is 2.07. The third-order valence-electron chi connectivity index (χ3n) is 5.92. The van der Waals surface area contributed by atoms with Gasteiger partial charge >= 0.3 is 0 Å². The molecule has 1 N–H and O–H groups in total. The van der Waals surface area contributed by atoms with Crippen molar-refractivity contribution >= 4 is 16.5 Å². The molecule has 2 aliphatic rings. The molecule has 0 radical (unpaired) electrons. The number of hydrogen-bond acceptors (Lipinski definition) is 4. The van der Waals surface area contributed by atoms with Gasteiger partial charge in [-0.15, -0.1) is 0 Å². The van der Waals surface area contributed by atoms with Crippen molar-refractivity contribution in [1.82, 2.24) is 5.32 Å². The molecule has 4 rings (SSSR count).